The van der Waals surface area contributed by atoms with Gasteiger partial charge >= 0.3 is 0 Å². The van der Waals surface area contributed by atoms with Gasteiger partial charge in [-0.2, -0.15) is 0 Å². The first-order chi connectivity index (χ1) is 8.58. The van der Waals surface area contributed by atoms with Crippen LogP contribution >= 0.6 is 0 Å². The minimum absolute atomic E-state index is 0.422. The summed E-state index contributed by atoms with van der Waals surface area (Å²) in [6.45, 7) is 8.10. The molecule has 18 heavy (non-hydrogen) atoms. The number of ether oxygens (including phenoxy) is 1. The molecular formula is C14H23N3O. The quantitative estimate of drug-likeness (QED) is 0.886. The topological polar surface area (TPSA) is 47.0 Å². The molecule has 0 atom stereocenters. The van der Waals surface area contributed by atoms with Crippen molar-refractivity contribution in [3.05, 3.63) is 22.8 Å². The predicted molar refractivity (Wildman–Crippen MR) is 71.5 cm³/mol. The molecule has 1 N–H and O–H groups in total. The van der Waals surface area contributed by atoms with Crippen molar-refractivity contribution in [2.24, 2.45) is 0 Å². The molecule has 4 heteroatoms. The van der Waals surface area contributed by atoms with Gasteiger partial charge < -0.3 is 10.1 Å². The highest BCUT2D eigenvalue weighted by Crippen LogP contribution is 2.24. The summed E-state index contributed by atoms with van der Waals surface area (Å²) < 4.78 is 5.50. The fourth-order valence-corrected chi connectivity index (χ4v) is 2.24. The van der Waals surface area contributed by atoms with Crippen LogP contribution < -0.4 is 5.32 Å². The zero-order valence-electron chi connectivity index (χ0n) is 11.8. The second kappa shape index (κ2) is 5.33. The van der Waals surface area contributed by atoms with E-state index in [1.165, 1.54) is 11.3 Å². The van der Waals surface area contributed by atoms with Gasteiger partial charge in [-0.3, -0.25) is 0 Å². The van der Waals surface area contributed by atoms with Gasteiger partial charge in [0.2, 0.25) is 0 Å². The number of rotatable bonds is 4. The second-order valence-electron chi connectivity index (χ2n) is 5.31. The molecule has 4 nitrogen and oxygen atoms in total. The molecule has 1 aromatic heterocycles. The molecule has 0 fully saturated rings. The Morgan fingerprint density at radius 3 is 2.78 bits per heavy atom. The number of nitrogens with zero attached hydrogens (tertiary/aromatic N) is 2. The zero-order chi connectivity index (χ0) is 13.2. The van der Waals surface area contributed by atoms with E-state index in [1.54, 1.807) is 7.11 Å². The Morgan fingerprint density at radius 1 is 1.33 bits per heavy atom. The lowest BCUT2D eigenvalue weighted by atomic mass is 10.00. The van der Waals surface area contributed by atoms with E-state index in [-0.39, 0.29) is 0 Å². The van der Waals surface area contributed by atoms with Crippen molar-refractivity contribution in [3.8, 4) is 0 Å². The molecule has 0 unspecified atom stereocenters. The molecule has 0 aromatic carbocycles. The van der Waals surface area contributed by atoms with Gasteiger partial charge in [0.25, 0.3) is 0 Å². The predicted octanol–water partition coefficient (Wildman–Crippen LogP) is 1.96. The molecule has 0 aliphatic carbocycles. The smallest absolute Gasteiger partial charge is 0.160 e. The monoisotopic (exact) mass is 249 g/mol. The lowest BCUT2D eigenvalue weighted by Crippen LogP contribution is -2.30. The van der Waals surface area contributed by atoms with Gasteiger partial charge in [-0.05, 0) is 38.8 Å². The maximum absolute atomic E-state index is 5.50. The molecule has 1 aliphatic rings. The first-order valence-corrected chi connectivity index (χ1v) is 6.73. The molecule has 0 saturated heterocycles. The van der Waals surface area contributed by atoms with Crippen LogP contribution in [0.2, 0.25) is 0 Å². The van der Waals surface area contributed by atoms with E-state index in [9.17, 15) is 0 Å². The van der Waals surface area contributed by atoms with Crippen LogP contribution in [0.15, 0.2) is 0 Å². The number of methoxy groups -OCH3 is 1. The fourth-order valence-electron chi connectivity index (χ4n) is 2.24. The van der Waals surface area contributed by atoms with Gasteiger partial charge in [-0.1, -0.05) is 13.3 Å². The first-order valence-electron chi connectivity index (χ1n) is 6.73. The second-order valence-corrected chi connectivity index (χ2v) is 5.31. The average Bonchev–Trinajstić information content (AvgIpc) is 2.39. The van der Waals surface area contributed by atoms with Crippen LogP contribution in [0.25, 0.3) is 0 Å². The molecule has 2 heterocycles. The van der Waals surface area contributed by atoms with Crippen molar-refractivity contribution in [2.45, 2.75) is 52.2 Å². The van der Waals surface area contributed by atoms with Crippen LogP contribution in [-0.2, 0) is 29.7 Å². The molecule has 0 saturated carbocycles. The SMILES string of the molecule is CCCc1nc(C(C)(C)OC)nc2c1CCNC2. The summed E-state index contributed by atoms with van der Waals surface area (Å²) >= 11 is 0. The highest BCUT2D eigenvalue weighted by molar-refractivity contribution is 5.29. The molecule has 0 radical (unpaired) electrons. The Hall–Kier alpha value is -1.00. The lowest BCUT2D eigenvalue weighted by molar-refractivity contribution is 0.0110. The van der Waals surface area contributed by atoms with Crippen molar-refractivity contribution in [2.75, 3.05) is 13.7 Å². The average molecular weight is 249 g/mol. The van der Waals surface area contributed by atoms with Crippen molar-refractivity contribution in [1.82, 2.24) is 15.3 Å². The summed E-state index contributed by atoms with van der Waals surface area (Å²) in [5.74, 6) is 0.802. The Kier molecular flexibility index (Phi) is 3.97. The summed E-state index contributed by atoms with van der Waals surface area (Å²) in [5.41, 5.74) is 3.30. The minimum atomic E-state index is -0.422. The Balaban J connectivity index is 2.47. The lowest BCUT2D eigenvalue weighted by Gasteiger charge is -2.26. The third-order valence-electron chi connectivity index (χ3n) is 3.56. The first kappa shape index (κ1) is 13.4. The van der Waals surface area contributed by atoms with Gasteiger partial charge in [-0.25, -0.2) is 9.97 Å². The molecule has 0 bridgehead atoms. The van der Waals surface area contributed by atoms with Crippen LogP contribution in [0, 0.1) is 0 Å². The molecule has 1 aliphatic heterocycles. The Morgan fingerprint density at radius 2 is 2.11 bits per heavy atom. The maximum Gasteiger partial charge on any atom is 0.160 e. The van der Waals surface area contributed by atoms with E-state index >= 15 is 0 Å². The van der Waals surface area contributed by atoms with Crippen molar-refractivity contribution in [3.63, 3.8) is 0 Å². The number of nitrogens with one attached hydrogen (secondary N) is 1. The molecule has 0 amide bonds. The third kappa shape index (κ3) is 2.54. The third-order valence-corrected chi connectivity index (χ3v) is 3.56. The van der Waals surface area contributed by atoms with Crippen molar-refractivity contribution >= 4 is 0 Å². The number of fused-ring (bicyclic) bond motifs is 1. The van der Waals surface area contributed by atoms with Crippen LogP contribution in [-0.4, -0.2) is 23.6 Å². The minimum Gasteiger partial charge on any atom is -0.371 e. The van der Waals surface area contributed by atoms with E-state index in [4.69, 9.17) is 14.7 Å². The van der Waals surface area contributed by atoms with E-state index < -0.39 is 5.60 Å². The number of aromatic nitrogens is 2. The van der Waals surface area contributed by atoms with E-state index in [2.05, 4.69) is 12.2 Å². The summed E-state index contributed by atoms with van der Waals surface area (Å²) in [4.78, 5) is 9.45. The maximum atomic E-state index is 5.50. The van der Waals surface area contributed by atoms with E-state index in [1.807, 2.05) is 13.8 Å². The van der Waals surface area contributed by atoms with E-state index in [0.717, 1.165) is 43.9 Å². The molecule has 100 valence electrons. The summed E-state index contributed by atoms with van der Waals surface area (Å²) in [6.07, 6.45) is 3.18. The summed E-state index contributed by atoms with van der Waals surface area (Å²) in [7, 11) is 1.71. The zero-order valence-corrected chi connectivity index (χ0v) is 11.8. The van der Waals surface area contributed by atoms with Gasteiger partial charge in [-0.15, -0.1) is 0 Å². The standard InChI is InChI=1S/C14H23N3O/c1-5-6-11-10-7-8-15-9-12(10)17-13(16-11)14(2,3)18-4/h15H,5-9H2,1-4H3. The molecule has 0 spiro atoms. The van der Waals surface area contributed by atoms with Gasteiger partial charge in [0.05, 0.1) is 5.69 Å². The molecule has 2 rings (SSSR count). The summed E-state index contributed by atoms with van der Waals surface area (Å²) in [6, 6.07) is 0. The van der Waals surface area contributed by atoms with Gasteiger partial charge in [0.1, 0.15) is 5.60 Å². The van der Waals surface area contributed by atoms with Crippen LogP contribution in [0.4, 0.5) is 0 Å². The molecule has 1 aromatic rings. The van der Waals surface area contributed by atoms with E-state index in [0.29, 0.717) is 0 Å². The highest BCUT2D eigenvalue weighted by Gasteiger charge is 2.26. The van der Waals surface area contributed by atoms with Crippen LogP contribution in [0.5, 0.6) is 0 Å². The Bertz CT molecular complexity index is 429. The normalized spacial score (nSPS) is 15.6. The fraction of sp³-hybridized carbons (Fsp3) is 0.714. The van der Waals surface area contributed by atoms with Crippen molar-refractivity contribution in [1.29, 1.82) is 0 Å². The highest BCUT2D eigenvalue weighted by atomic mass is 16.5. The van der Waals surface area contributed by atoms with Crippen LogP contribution in [0.1, 0.15) is 50.0 Å². The number of hydrogen-bond donors (Lipinski definition) is 1. The van der Waals surface area contributed by atoms with Crippen LogP contribution in [0.3, 0.4) is 0 Å². The number of hydrogen-bond acceptors (Lipinski definition) is 4. The molecular weight excluding hydrogens is 226 g/mol. The van der Waals surface area contributed by atoms with Gasteiger partial charge in [0.15, 0.2) is 5.82 Å². The Labute approximate surface area is 109 Å². The van der Waals surface area contributed by atoms with Gasteiger partial charge in [0, 0.05) is 19.3 Å². The number of aryl methyl sites for hydroxylation is 1. The van der Waals surface area contributed by atoms with Crippen molar-refractivity contribution < 1.29 is 4.74 Å². The summed E-state index contributed by atoms with van der Waals surface area (Å²) in [5, 5.41) is 3.38. The largest absolute Gasteiger partial charge is 0.371 e.